The standard InChI is InChI=1S/C28H45N3O8Si/c1-19(2)24(39-40(7,8)28(3,4)5)23(29-22(32)18-37-6)25(33)31-21(26(34)35)15-12-16-30(31)27(36)38-17-20-13-10-9-11-14-20/h9-11,13-14,19,21,23-24H,12,15-18H2,1-8H3,(H,29,32)(H,34,35)/t21-,23+,24+/m0/s1. The maximum absolute atomic E-state index is 14.3. The van der Waals surface area contributed by atoms with Crippen LogP contribution in [0.2, 0.25) is 18.1 Å². The highest BCUT2D eigenvalue weighted by molar-refractivity contribution is 6.74. The number of aliphatic carboxylic acids is 1. The van der Waals surface area contributed by atoms with Crippen LogP contribution in [0.1, 0.15) is 53.0 Å². The van der Waals surface area contributed by atoms with Crippen molar-refractivity contribution in [1.29, 1.82) is 0 Å². The molecule has 224 valence electrons. The maximum Gasteiger partial charge on any atom is 0.429 e. The normalized spacial score (nSPS) is 17.8. The fourth-order valence-electron chi connectivity index (χ4n) is 4.19. The molecule has 0 aromatic heterocycles. The molecular weight excluding hydrogens is 534 g/mol. The Morgan fingerprint density at radius 3 is 2.27 bits per heavy atom. The number of benzene rings is 1. The second-order valence-corrected chi connectivity index (χ2v) is 16.7. The minimum atomic E-state index is -2.46. The number of carbonyl (C=O) groups is 4. The van der Waals surface area contributed by atoms with Gasteiger partial charge in [-0.2, -0.15) is 0 Å². The highest BCUT2D eigenvalue weighted by Gasteiger charge is 2.48. The molecule has 2 rings (SSSR count). The molecule has 0 bridgehead atoms. The van der Waals surface area contributed by atoms with Gasteiger partial charge in [0.05, 0.1) is 6.10 Å². The molecule has 40 heavy (non-hydrogen) atoms. The molecule has 0 spiro atoms. The van der Waals surface area contributed by atoms with Gasteiger partial charge < -0.3 is 24.3 Å². The third kappa shape index (κ3) is 8.52. The van der Waals surface area contributed by atoms with Crippen LogP contribution in [0.25, 0.3) is 0 Å². The topological polar surface area (TPSA) is 135 Å². The molecule has 0 unspecified atom stereocenters. The van der Waals surface area contributed by atoms with Crippen LogP contribution in [0.4, 0.5) is 4.79 Å². The van der Waals surface area contributed by atoms with Gasteiger partial charge in [0.2, 0.25) is 5.91 Å². The molecule has 3 amide bonds. The zero-order valence-electron chi connectivity index (χ0n) is 24.9. The van der Waals surface area contributed by atoms with Crippen molar-refractivity contribution in [3.63, 3.8) is 0 Å². The van der Waals surface area contributed by atoms with Gasteiger partial charge in [0.15, 0.2) is 14.4 Å². The van der Waals surface area contributed by atoms with Crippen LogP contribution in [0.15, 0.2) is 30.3 Å². The van der Waals surface area contributed by atoms with Crippen molar-refractivity contribution in [3.8, 4) is 0 Å². The lowest BCUT2D eigenvalue weighted by molar-refractivity contribution is -0.174. The SMILES string of the molecule is COCC(=O)N[C@@H](C(=O)N1[C@H](C(=O)O)CCCN1C(=O)OCc1ccccc1)[C@H](O[Si](C)(C)C(C)(C)C)C(C)C. The number of carboxylic acid groups (broad SMARTS) is 1. The predicted molar refractivity (Wildman–Crippen MR) is 152 cm³/mol. The van der Waals surface area contributed by atoms with E-state index in [1.54, 1.807) is 12.1 Å². The summed E-state index contributed by atoms with van der Waals surface area (Å²) in [6.45, 7) is 13.7. The number of ether oxygens (including phenoxy) is 2. The summed E-state index contributed by atoms with van der Waals surface area (Å²) in [7, 11) is -1.10. The minimum Gasteiger partial charge on any atom is -0.480 e. The average molecular weight is 580 g/mol. The van der Waals surface area contributed by atoms with Crippen LogP contribution >= 0.6 is 0 Å². The van der Waals surface area contributed by atoms with Gasteiger partial charge in [-0.05, 0) is 42.5 Å². The number of hydrogen-bond acceptors (Lipinski definition) is 7. The van der Waals surface area contributed by atoms with Crippen LogP contribution in [0, 0.1) is 5.92 Å². The fraction of sp³-hybridized carbons (Fsp3) is 0.643. The Hall–Kier alpha value is -2.96. The van der Waals surface area contributed by atoms with Crippen molar-refractivity contribution in [2.24, 2.45) is 5.92 Å². The van der Waals surface area contributed by atoms with E-state index >= 15 is 0 Å². The number of hydrogen-bond donors (Lipinski definition) is 2. The van der Waals surface area contributed by atoms with Crippen LogP contribution in [-0.2, 0) is 34.9 Å². The summed E-state index contributed by atoms with van der Waals surface area (Å²) in [5.41, 5.74) is 0.743. The van der Waals surface area contributed by atoms with E-state index in [4.69, 9.17) is 13.9 Å². The Morgan fingerprint density at radius 2 is 1.75 bits per heavy atom. The molecule has 1 aliphatic heterocycles. The van der Waals surface area contributed by atoms with E-state index in [1.165, 1.54) is 7.11 Å². The zero-order chi connectivity index (χ0) is 30.3. The Bertz CT molecular complexity index is 1030. The van der Waals surface area contributed by atoms with Crippen LogP contribution < -0.4 is 5.32 Å². The van der Waals surface area contributed by atoms with Gasteiger partial charge in [0.25, 0.3) is 5.91 Å². The van der Waals surface area contributed by atoms with Crippen molar-refractivity contribution in [2.45, 2.75) is 90.4 Å². The summed E-state index contributed by atoms with van der Waals surface area (Å²) < 4.78 is 17.1. The first-order chi connectivity index (χ1) is 18.6. The van der Waals surface area contributed by atoms with E-state index in [2.05, 4.69) is 26.1 Å². The quantitative estimate of drug-likeness (QED) is 0.378. The molecule has 1 aromatic rings. The molecule has 0 saturated carbocycles. The molecule has 11 nitrogen and oxygen atoms in total. The molecule has 3 atom stereocenters. The molecule has 1 aromatic carbocycles. The summed E-state index contributed by atoms with van der Waals surface area (Å²) in [4.78, 5) is 52.6. The number of nitrogens with one attached hydrogen (secondary N) is 1. The molecule has 12 heteroatoms. The van der Waals surface area contributed by atoms with Crippen molar-refractivity contribution in [3.05, 3.63) is 35.9 Å². The first-order valence-electron chi connectivity index (χ1n) is 13.6. The molecular formula is C28H45N3O8Si. The second-order valence-electron chi connectivity index (χ2n) is 11.9. The number of nitrogens with zero attached hydrogens (tertiary/aromatic N) is 2. The zero-order valence-corrected chi connectivity index (χ0v) is 25.9. The first kappa shape index (κ1) is 33.2. The lowest BCUT2D eigenvalue weighted by atomic mass is 9.97. The monoisotopic (exact) mass is 579 g/mol. The summed E-state index contributed by atoms with van der Waals surface area (Å²) in [6.07, 6.45) is -1.16. The number of carboxylic acids is 1. The van der Waals surface area contributed by atoms with Crippen LogP contribution in [-0.4, -0.2) is 85.8 Å². The van der Waals surface area contributed by atoms with Crippen molar-refractivity contribution < 1.29 is 38.2 Å². The third-order valence-corrected chi connectivity index (χ3v) is 11.9. The Kier molecular flexibility index (Phi) is 11.7. The van der Waals surface area contributed by atoms with Crippen LogP contribution in [0.5, 0.6) is 0 Å². The molecule has 1 heterocycles. The van der Waals surface area contributed by atoms with E-state index in [9.17, 15) is 24.3 Å². The predicted octanol–water partition coefficient (Wildman–Crippen LogP) is 3.79. The highest BCUT2D eigenvalue weighted by Crippen LogP contribution is 2.39. The third-order valence-electron chi connectivity index (χ3n) is 7.41. The van der Waals surface area contributed by atoms with E-state index < -0.39 is 50.4 Å². The lowest BCUT2D eigenvalue weighted by Crippen LogP contribution is -2.67. The second kappa shape index (κ2) is 14.1. The maximum atomic E-state index is 14.3. The first-order valence-corrected chi connectivity index (χ1v) is 16.5. The Labute approximate surface area is 238 Å². The summed E-state index contributed by atoms with van der Waals surface area (Å²) in [5.74, 6) is -2.82. The van der Waals surface area contributed by atoms with Crippen molar-refractivity contribution in [2.75, 3.05) is 20.3 Å². The smallest absolute Gasteiger partial charge is 0.429 e. The van der Waals surface area contributed by atoms with Gasteiger partial charge in [0, 0.05) is 13.7 Å². The molecule has 1 saturated heterocycles. The average Bonchev–Trinajstić information content (AvgIpc) is 2.88. The van der Waals surface area contributed by atoms with Gasteiger partial charge in [-0.1, -0.05) is 65.0 Å². The number of methoxy groups -OCH3 is 1. The summed E-state index contributed by atoms with van der Waals surface area (Å²) in [6, 6.07) is 6.43. The summed E-state index contributed by atoms with van der Waals surface area (Å²) in [5, 5.41) is 14.5. The van der Waals surface area contributed by atoms with Crippen molar-refractivity contribution >= 4 is 32.2 Å². The Morgan fingerprint density at radius 1 is 1.12 bits per heavy atom. The number of hydrazine groups is 1. The molecule has 1 aliphatic rings. The van der Waals surface area contributed by atoms with Crippen LogP contribution in [0.3, 0.4) is 0 Å². The van der Waals surface area contributed by atoms with Gasteiger partial charge >= 0.3 is 12.1 Å². The highest BCUT2D eigenvalue weighted by atomic mass is 28.4. The van der Waals surface area contributed by atoms with E-state index in [1.807, 2.05) is 45.1 Å². The number of carbonyl (C=O) groups excluding carboxylic acids is 3. The Balaban J connectivity index is 2.50. The fourth-order valence-corrected chi connectivity index (χ4v) is 5.63. The summed E-state index contributed by atoms with van der Waals surface area (Å²) >= 11 is 0. The van der Waals surface area contributed by atoms with E-state index in [-0.39, 0.29) is 37.1 Å². The van der Waals surface area contributed by atoms with E-state index in [0.29, 0.717) is 6.42 Å². The van der Waals surface area contributed by atoms with Gasteiger partial charge in [0.1, 0.15) is 19.3 Å². The van der Waals surface area contributed by atoms with E-state index in [0.717, 1.165) is 15.6 Å². The van der Waals surface area contributed by atoms with Crippen molar-refractivity contribution in [1.82, 2.24) is 15.3 Å². The molecule has 1 fully saturated rings. The molecule has 2 N–H and O–H groups in total. The number of amides is 3. The molecule has 0 aliphatic carbocycles. The largest absolute Gasteiger partial charge is 0.480 e. The van der Waals surface area contributed by atoms with Gasteiger partial charge in [-0.3, -0.25) is 9.59 Å². The number of rotatable bonds is 11. The van der Waals surface area contributed by atoms with Gasteiger partial charge in [-0.15, -0.1) is 0 Å². The lowest BCUT2D eigenvalue weighted by Gasteiger charge is -2.46. The van der Waals surface area contributed by atoms with Gasteiger partial charge in [-0.25, -0.2) is 19.6 Å². The molecule has 0 radical (unpaired) electrons. The minimum absolute atomic E-state index is 0.0486.